The first-order valence-electron chi connectivity index (χ1n) is 11.3. The predicted octanol–water partition coefficient (Wildman–Crippen LogP) is 3.54. The summed E-state index contributed by atoms with van der Waals surface area (Å²) in [5.41, 5.74) is 2.89. The van der Waals surface area contributed by atoms with Gasteiger partial charge in [0.2, 0.25) is 21.8 Å². The van der Waals surface area contributed by atoms with E-state index in [1.54, 1.807) is 25.1 Å². The smallest absolute Gasteiger partial charge is 0.244 e. The second kappa shape index (κ2) is 12.0. The SMILES string of the molecule is CCCCNC(=O)[C@H](C)N(Cc1ccc(F)cc1)C(=O)CN(c1ccc(C)c(C)c1)S(C)(=O)=O. The van der Waals surface area contributed by atoms with E-state index in [1.165, 1.54) is 29.2 Å². The van der Waals surface area contributed by atoms with Gasteiger partial charge in [-0.05, 0) is 68.1 Å². The fraction of sp³-hybridized carbons (Fsp3) is 0.440. The molecule has 0 aromatic heterocycles. The highest BCUT2D eigenvalue weighted by molar-refractivity contribution is 7.92. The average molecular weight is 492 g/mol. The molecule has 0 aliphatic carbocycles. The van der Waals surface area contributed by atoms with E-state index >= 15 is 0 Å². The number of sulfonamides is 1. The number of amides is 2. The van der Waals surface area contributed by atoms with Crippen molar-refractivity contribution >= 4 is 27.5 Å². The predicted molar refractivity (Wildman–Crippen MR) is 132 cm³/mol. The Morgan fingerprint density at radius 2 is 1.71 bits per heavy atom. The Balaban J connectivity index is 2.35. The fourth-order valence-corrected chi connectivity index (χ4v) is 4.24. The first-order valence-corrected chi connectivity index (χ1v) is 13.2. The number of nitrogens with zero attached hydrogens (tertiary/aromatic N) is 2. The Labute approximate surface area is 202 Å². The molecule has 0 heterocycles. The molecule has 1 N–H and O–H groups in total. The number of nitrogens with one attached hydrogen (secondary N) is 1. The van der Waals surface area contributed by atoms with Gasteiger partial charge in [0, 0.05) is 13.1 Å². The van der Waals surface area contributed by atoms with Crippen LogP contribution in [0.5, 0.6) is 0 Å². The number of rotatable bonds is 11. The van der Waals surface area contributed by atoms with Gasteiger partial charge in [0.1, 0.15) is 18.4 Å². The zero-order chi connectivity index (χ0) is 25.5. The van der Waals surface area contributed by atoms with Crippen LogP contribution in [-0.4, -0.2) is 50.5 Å². The lowest BCUT2D eigenvalue weighted by molar-refractivity contribution is -0.139. The van der Waals surface area contributed by atoms with E-state index in [1.807, 2.05) is 20.8 Å². The molecular formula is C25H34FN3O4S. The van der Waals surface area contributed by atoms with Crippen LogP contribution >= 0.6 is 0 Å². The number of aryl methyl sites for hydroxylation is 2. The molecule has 0 saturated heterocycles. The van der Waals surface area contributed by atoms with Gasteiger partial charge in [-0.15, -0.1) is 0 Å². The summed E-state index contributed by atoms with van der Waals surface area (Å²) >= 11 is 0. The first kappa shape index (κ1) is 27.3. The van der Waals surface area contributed by atoms with Crippen LogP contribution in [0.15, 0.2) is 42.5 Å². The van der Waals surface area contributed by atoms with Gasteiger partial charge in [-0.25, -0.2) is 12.8 Å². The monoisotopic (exact) mass is 491 g/mol. The number of halogens is 1. The van der Waals surface area contributed by atoms with Gasteiger partial charge in [-0.1, -0.05) is 31.5 Å². The Kier molecular flexibility index (Phi) is 9.61. The van der Waals surface area contributed by atoms with Crippen molar-refractivity contribution in [3.63, 3.8) is 0 Å². The quantitative estimate of drug-likeness (QED) is 0.487. The molecule has 2 aromatic rings. The van der Waals surface area contributed by atoms with E-state index in [9.17, 15) is 22.4 Å². The molecule has 186 valence electrons. The molecule has 0 saturated carbocycles. The van der Waals surface area contributed by atoms with Crippen molar-refractivity contribution in [1.29, 1.82) is 0 Å². The first-order chi connectivity index (χ1) is 15.9. The minimum atomic E-state index is -3.78. The summed E-state index contributed by atoms with van der Waals surface area (Å²) in [4.78, 5) is 27.5. The van der Waals surface area contributed by atoms with Crippen LogP contribution in [0.4, 0.5) is 10.1 Å². The van der Waals surface area contributed by atoms with Crippen LogP contribution in [0.2, 0.25) is 0 Å². The lowest BCUT2D eigenvalue weighted by atomic mass is 10.1. The summed E-state index contributed by atoms with van der Waals surface area (Å²) in [7, 11) is -3.78. The standard InChI is InChI=1S/C25H34FN3O4S/c1-6-7-14-27-25(31)20(4)28(16-21-9-11-22(26)12-10-21)24(30)17-29(34(5,32)33)23-13-8-18(2)19(3)15-23/h8-13,15,20H,6-7,14,16-17H2,1-5H3,(H,27,31)/t20-/m0/s1. The number of hydrogen-bond donors (Lipinski definition) is 1. The fourth-order valence-electron chi connectivity index (χ4n) is 3.40. The summed E-state index contributed by atoms with van der Waals surface area (Å²) in [6, 6.07) is 9.95. The van der Waals surface area contributed by atoms with Crippen molar-refractivity contribution in [2.45, 2.75) is 53.1 Å². The van der Waals surface area contributed by atoms with Crippen molar-refractivity contribution in [2.75, 3.05) is 23.7 Å². The third-order valence-corrected chi connectivity index (χ3v) is 6.86. The van der Waals surface area contributed by atoms with E-state index in [-0.39, 0.29) is 12.5 Å². The Morgan fingerprint density at radius 1 is 1.06 bits per heavy atom. The molecule has 1 atom stereocenters. The maximum atomic E-state index is 13.4. The van der Waals surface area contributed by atoms with Crippen molar-refractivity contribution in [2.24, 2.45) is 0 Å². The third-order valence-electron chi connectivity index (χ3n) is 5.72. The third kappa shape index (κ3) is 7.55. The highest BCUT2D eigenvalue weighted by atomic mass is 32.2. The summed E-state index contributed by atoms with van der Waals surface area (Å²) < 4.78 is 39.6. The summed E-state index contributed by atoms with van der Waals surface area (Å²) in [6.07, 6.45) is 2.76. The molecule has 0 aliphatic heterocycles. The van der Waals surface area contributed by atoms with Crippen LogP contribution in [0, 0.1) is 19.7 Å². The lowest BCUT2D eigenvalue weighted by Gasteiger charge is -2.31. The van der Waals surface area contributed by atoms with Gasteiger partial charge in [-0.3, -0.25) is 13.9 Å². The molecule has 0 bridgehead atoms. The number of carbonyl (C=O) groups is 2. The number of anilines is 1. The molecule has 0 radical (unpaired) electrons. The molecule has 0 aliphatic rings. The molecule has 2 rings (SSSR count). The van der Waals surface area contributed by atoms with Crippen molar-refractivity contribution in [3.8, 4) is 0 Å². The maximum Gasteiger partial charge on any atom is 0.244 e. The maximum absolute atomic E-state index is 13.4. The van der Waals surface area contributed by atoms with E-state index in [0.29, 0.717) is 17.8 Å². The van der Waals surface area contributed by atoms with Gasteiger partial charge < -0.3 is 10.2 Å². The van der Waals surface area contributed by atoms with Crippen LogP contribution in [0.3, 0.4) is 0 Å². The highest BCUT2D eigenvalue weighted by Gasteiger charge is 2.30. The minimum absolute atomic E-state index is 0.0337. The van der Waals surface area contributed by atoms with Gasteiger partial charge in [0.15, 0.2) is 0 Å². The second-order valence-corrected chi connectivity index (χ2v) is 10.4. The van der Waals surface area contributed by atoms with Gasteiger partial charge in [0.25, 0.3) is 0 Å². The van der Waals surface area contributed by atoms with Crippen LogP contribution < -0.4 is 9.62 Å². The van der Waals surface area contributed by atoms with Crippen molar-refractivity contribution in [3.05, 3.63) is 65.0 Å². The molecule has 0 spiro atoms. The molecule has 0 fully saturated rings. The molecule has 7 nitrogen and oxygen atoms in total. The average Bonchev–Trinajstić information content (AvgIpc) is 2.77. The van der Waals surface area contributed by atoms with Gasteiger partial charge in [0.05, 0.1) is 11.9 Å². The molecule has 2 aromatic carbocycles. The normalized spacial score (nSPS) is 12.2. The number of carbonyl (C=O) groups excluding carboxylic acids is 2. The lowest BCUT2D eigenvalue weighted by Crippen LogP contribution is -2.51. The Bertz CT molecular complexity index is 1100. The number of unbranched alkanes of at least 4 members (excludes halogenated alkanes) is 1. The van der Waals surface area contributed by atoms with Gasteiger partial charge in [-0.2, -0.15) is 0 Å². The van der Waals surface area contributed by atoms with E-state index in [4.69, 9.17) is 0 Å². The molecule has 34 heavy (non-hydrogen) atoms. The Hall–Kier alpha value is -2.94. The molecule has 9 heteroatoms. The van der Waals surface area contributed by atoms with E-state index in [2.05, 4.69) is 5.32 Å². The van der Waals surface area contributed by atoms with Crippen LogP contribution in [0.25, 0.3) is 0 Å². The van der Waals surface area contributed by atoms with Crippen molar-refractivity contribution in [1.82, 2.24) is 10.2 Å². The number of benzene rings is 2. The number of hydrogen-bond acceptors (Lipinski definition) is 4. The van der Waals surface area contributed by atoms with E-state index < -0.39 is 34.3 Å². The summed E-state index contributed by atoms with van der Waals surface area (Å²) in [6.45, 7) is 7.44. The summed E-state index contributed by atoms with van der Waals surface area (Å²) in [5, 5.41) is 2.82. The molecule has 2 amide bonds. The zero-order valence-electron chi connectivity index (χ0n) is 20.5. The Morgan fingerprint density at radius 3 is 2.26 bits per heavy atom. The zero-order valence-corrected chi connectivity index (χ0v) is 21.3. The van der Waals surface area contributed by atoms with Crippen LogP contribution in [0.1, 0.15) is 43.4 Å². The van der Waals surface area contributed by atoms with Crippen LogP contribution in [-0.2, 0) is 26.2 Å². The molecular weight excluding hydrogens is 457 g/mol. The topological polar surface area (TPSA) is 86.8 Å². The second-order valence-electron chi connectivity index (χ2n) is 8.51. The van der Waals surface area contributed by atoms with Gasteiger partial charge >= 0.3 is 0 Å². The summed E-state index contributed by atoms with van der Waals surface area (Å²) in [5.74, 6) is -1.28. The van der Waals surface area contributed by atoms with Crippen molar-refractivity contribution < 1.29 is 22.4 Å². The minimum Gasteiger partial charge on any atom is -0.354 e. The molecule has 0 unspecified atom stereocenters. The van der Waals surface area contributed by atoms with E-state index in [0.717, 1.165) is 34.5 Å². The highest BCUT2D eigenvalue weighted by Crippen LogP contribution is 2.22. The largest absolute Gasteiger partial charge is 0.354 e.